The number of aryl methyl sites for hydroxylation is 2. The first-order valence-corrected chi connectivity index (χ1v) is 27.2. The first-order valence-electron chi connectivity index (χ1n) is 26.9. The molecule has 5 aliphatic heterocycles. The summed E-state index contributed by atoms with van der Waals surface area (Å²) in [4.78, 5) is 43.1. The Balaban J connectivity index is 0.00000569. The maximum absolute atomic E-state index is 17.4. The Kier molecular flexibility index (Phi) is 13.2. The molecule has 2 aliphatic carbocycles. The van der Waals surface area contributed by atoms with Gasteiger partial charge in [-0.25, -0.2) is 18.0 Å². The van der Waals surface area contributed by atoms with E-state index in [2.05, 4.69) is 31.2 Å². The van der Waals surface area contributed by atoms with Gasteiger partial charge in [0.15, 0.2) is 5.82 Å². The number of urea groups is 1. The first-order chi connectivity index (χ1) is 35.8. The van der Waals surface area contributed by atoms with E-state index in [9.17, 15) is 9.59 Å². The first kappa shape index (κ1) is 50.7. The molecule has 398 valence electrons. The molecule has 1 atom stereocenters. The van der Waals surface area contributed by atoms with Gasteiger partial charge in [-0.2, -0.15) is 33.3 Å². The van der Waals surface area contributed by atoms with Crippen LogP contribution in [-0.2, 0) is 39.5 Å². The van der Waals surface area contributed by atoms with Crippen molar-refractivity contribution in [1.29, 1.82) is 0 Å². The number of amides is 3. The summed E-state index contributed by atoms with van der Waals surface area (Å²) in [5.41, 5.74) is 2.84. The molecule has 1 N–H and O–H groups in total. The number of carbonyl (C=O) groups excluding carboxylic acids is 2. The van der Waals surface area contributed by atoms with Crippen molar-refractivity contribution >= 4 is 67.8 Å². The zero-order valence-corrected chi connectivity index (χ0v) is 44.2. The van der Waals surface area contributed by atoms with Crippen LogP contribution in [-0.4, -0.2) is 119 Å². The predicted octanol–water partition coefficient (Wildman–Crippen LogP) is 10.3. The second-order valence-corrected chi connectivity index (χ2v) is 23.2. The number of benzene rings is 4. The number of hydrogen-bond donors (Lipinski definition) is 1. The predicted molar refractivity (Wildman–Crippen MR) is 278 cm³/mol. The van der Waals surface area contributed by atoms with Crippen molar-refractivity contribution < 1.29 is 48.7 Å². The molecule has 0 radical (unpaired) electrons. The van der Waals surface area contributed by atoms with Gasteiger partial charge in [0.2, 0.25) is 5.91 Å². The molecule has 0 bridgehead atoms. The van der Waals surface area contributed by atoms with E-state index in [0.717, 1.165) is 102 Å². The Morgan fingerprint density at radius 2 is 1.69 bits per heavy atom. The molecule has 7 heterocycles. The molecule has 5 saturated heterocycles. The summed E-state index contributed by atoms with van der Waals surface area (Å²) < 4.78 is 63.1. The standard InChI is InChI=1S/C57H62ClF3N9O4.Ni/c1-3-37-43(59)9-8-35-6-4-7-38(47(35)37)48-42(58)26-41-50(49(48)61)63-53(64-51(41)69-19-5-13-57(32-69)18-25-74-57)73-33-56(14-15-56)31-67-23-16-55(17-24-67)29-36(30-55)68-20-10-34(11-21-68)39-28-45-40(27-44(39)60)52(65-66(45)2)70-22-12-46(71)62-54(70)72;/h6-9,26-28,34,36H,3,5,10-25,29-33H2,1-2H3,(H,62,71,72);/q-1;/t57-;/m0./s1. The summed E-state index contributed by atoms with van der Waals surface area (Å²) in [6.07, 6.45) is 12.1. The molecule has 18 heteroatoms. The van der Waals surface area contributed by atoms with Crippen LogP contribution in [0.25, 0.3) is 43.7 Å². The maximum atomic E-state index is 17.4. The summed E-state index contributed by atoms with van der Waals surface area (Å²) in [6.45, 7) is 9.56. The normalized spacial score (nSPS) is 23.2. The topological polar surface area (TPSA) is 121 Å². The summed E-state index contributed by atoms with van der Waals surface area (Å²) >= 11 is 7.08. The van der Waals surface area contributed by atoms with Crippen LogP contribution >= 0.6 is 11.6 Å². The van der Waals surface area contributed by atoms with Crippen molar-refractivity contribution in [2.75, 3.05) is 75.4 Å². The van der Waals surface area contributed by atoms with E-state index in [4.69, 9.17) is 31.0 Å². The van der Waals surface area contributed by atoms with E-state index < -0.39 is 11.8 Å². The third-order valence-corrected chi connectivity index (χ3v) is 18.6. The fourth-order valence-electron chi connectivity index (χ4n) is 13.7. The third kappa shape index (κ3) is 9.03. The van der Waals surface area contributed by atoms with E-state index in [0.29, 0.717) is 75.5 Å². The number of imide groups is 1. The van der Waals surface area contributed by atoms with Gasteiger partial charge in [-0.05, 0) is 149 Å². The van der Waals surface area contributed by atoms with E-state index in [1.54, 1.807) is 28.9 Å². The number of fused-ring (bicyclic) bond motifs is 3. The van der Waals surface area contributed by atoms with Gasteiger partial charge in [0.25, 0.3) is 0 Å². The van der Waals surface area contributed by atoms with Crippen LogP contribution in [0.1, 0.15) is 101 Å². The average Bonchev–Trinajstić information content (AvgIpc) is 4.08. The fourth-order valence-corrected chi connectivity index (χ4v) is 14.0. The van der Waals surface area contributed by atoms with E-state index in [1.807, 2.05) is 20.0 Å². The Morgan fingerprint density at radius 1 is 0.907 bits per heavy atom. The molecular formula is C57H62ClF3N9NiO4-. The number of aromatic nitrogens is 4. The number of nitrogens with zero attached hydrogens (tertiary/aromatic N) is 8. The van der Waals surface area contributed by atoms with Crippen molar-refractivity contribution in [1.82, 2.24) is 34.9 Å². The summed E-state index contributed by atoms with van der Waals surface area (Å²) in [5, 5.41) is 9.56. The molecule has 13 nitrogen and oxygen atoms in total. The van der Waals surface area contributed by atoms with Crippen LogP contribution in [0.2, 0.25) is 5.02 Å². The van der Waals surface area contributed by atoms with Crippen molar-refractivity contribution in [3.05, 3.63) is 82.1 Å². The van der Waals surface area contributed by atoms with E-state index in [1.165, 1.54) is 42.7 Å². The Bertz CT molecular complexity index is 3250. The van der Waals surface area contributed by atoms with Crippen molar-refractivity contribution in [2.24, 2.45) is 17.9 Å². The summed E-state index contributed by atoms with van der Waals surface area (Å²) in [5.74, 6) is -0.466. The Morgan fingerprint density at radius 3 is 2.41 bits per heavy atom. The summed E-state index contributed by atoms with van der Waals surface area (Å²) in [6, 6.07) is 15.1. The van der Waals surface area contributed by atoms with Gasteiger partial charge in [-0.3, -0.25) is 19.7 Å². The number of halogens is 4. The molecule has 2 spiro atoms. The Hall–Kier alpha value is -5.06. The second-order valence-electron chi connectivity index (χ2n) is 22.8. The van der Waals surface area contributed by atoms with Crippen LogP contribution in [0.15, 0.2) is 42.5 Å². The minimum absolute atomic E-state index is 0. The molecule has 7 fully saturated rings. The molecular weight excluding hydrogens is 1030 g/mol. The zero-order valence-electron chi connectivity index (χ0n) is 42.5. The molecule has 0 unspecified atom stereocenters. The van der Waals surface area contributed by atoms with Gasteiger partial charge >= 0.3 is 12.0 Å². The number of carbonyl (C=O) groups is 2. The number of hydrogen-bond acceptors (Lipinski definition) is 10. The SMILES string of the molecule is CCc1c(F)ccc2c[c-]cc(-c3c(Cl)cc4c(N5CCC[C@]6(CCO6)C5)nc(OCC5(CN6CCC7(CC6)CC(N6CCC(c8cc9c(cc8F)c(N8CCC(=O)NC8=O)nn9C)CC6)C7)CC5)nc4c3F)c12.[Ni]. The minimum atomic E-state index is -0.594. The number of rotatable bonds is 11. The van der Waals surface area contributed by atoms with E-state index in [-0.39, 0.29) is 86.0 Å². The molecule has 3 amide bonds. The molecule has 13 rings (SSSR count). The monoisotopic (exact) mass is 1090 g/mol. The van der Waals surface area contributed by atoms with Gasteiger partial charge in [-0.15, -0.1) is 22.4 Å². The van der Waals surface area contributed by atoms with E-state index >= 15 is 13.2 Å². The Labute approximate surface area is 449 Å². The number of likely N-dealkylation sites (tertiary alicyclic amines) is 2. The van der Waals surface area contributed by atoms with Gasteiger partial charge in [-0.1, -0.05) is 18.5 Å². The molecule has 7 aliphatic rings. The smallest absolute Gasteiger partial charge is 0.329 e. The second kappa shape index (κ2) is 19.4. The van der Waals surface area contributed by atoms with Crippen molar-refractivity contribution in [3.8, 4) is 17.1 Å². The average molecular weight is 1090 g/mol. The number of piperidine rings is 3. The van der Waals surface area contributed by atoms with Gasteiger partial charge < -0.3 is 24.2 Å². The van der Waals surface area contributed by atoms with Crippen LogP contribution in [0, 0.1) is 34.3 Å². The van der Waals surface area contributed by atoms with Gasteiger partial charge in [0.1, 0.15) is 28.8 Å². The molecule has 4 aromatic carbocycles. The number of ether oxygens (including phenoxy) is 2. The van der Waals surface area contributed by atoms with Crippen molar-refractivity contribution in [2.45, 2.75) is 108 Å². The fraction of sp³-hybridized carbons (Fsp3) is 0.526. The minimum Gasteiger partial charge on any atom is -0.463 e. The quantitative estimate of drug-likeness (QED) is 0.0992. The molecule has 2 saturated carbocycles. The van der Waals surface area contributed by atoms with Crippen LogP contribution < -0.4 is 19.9 Å². The van der Waals surface area contributed by atoms with Crippen LogP contribution in [0.4, 0.5) is 29.6 Å². The summed E-state index contributed by atoms with van der Waals surface area (Å²) in [7, 11) is 1.81. The maximum Gasteiger partial charge on any atom is 0.329 e. The number of nitrogens with one attached hydrogen (secondary N) is 1. The van der Waals surface area contributed by atoms with Crippen molar-refractivity contribution in [3.63, 3.8) is 0 Å². The number of anilines is 2. The van der Waals surface area contributed by atoms with Gasteiger partial charge in [0.05, 0.1) is 24.3 Å². The largest absolute Gasteiger partial charge is 0.463 e. The van der Waals surface area contributed by atoms with Crippen LogP contribution in [0.5, 0.6) is 6.01 Å². The molecule has 75 heavy (non-hydrogen) atoms. The molecule has 6 aromatic rings. The zero-order chi connectivity index (χ0) is 50.7. The van der Waals surface area contributed by atoms with Gasteiger partial charge in [0, 0.05) is 89.8 Å². The van der Waals surface area contributed by atoms with Crippen LogP contribution in [0.3, 0.4) is 0 Å². The third-order valence-electron chi connectivity index (χ3n) is 18.3. The molecule has 2 aromatic heterocycles.